The number of halogens is 2. The Morgan fingerprint density at radius 1 is 1.12 bits per heavy atom. The molecule has 0 spiro atoms. The van der Waals surface area contributed by atoms with Gasteiger partial charge in [-0.25, -0.2) is 4.39 Å². The Labute approximate surface area is 152 Å². The second kappa shape index (κ2) is 11.1. The van der Waals surface area contributed by atoms with Crippen LogP contribution in [-0.2, 0) is 11.2 Å². The summed E-state index contributed by atoms with van der Waals surface area (Å²) in [5, 5.41) is 2.86. The molecular weight excluding hydrogens is 347 g/mol. The fourth-order valence-electron chi connectivity index (χ4n) is 2.10. The van der Waals surface area contributed by atoms with Gasteiger partial charge in [0, 0.05) is 11.4 Å². The molecule has 1 unspecified atom stereocenters. The molecule has 3 nitrogen and oxygen atoms in total. The van der Waals surface area contributed by atoms with Gasteiger partial charge < -0.3 is 11.1 Å². The van der Waals surface area contributed by atoms with Crippen molar-refractivity contribution in [3.63, 3.8) is 0 Å². The average Bonchev–Trinajstić information content (AvgIpc) is 2.57. The number of carbonyl (C=O) groups excluding carboxylic acids is 1. The van der Waals surface area contributed by atoms with Crippen LogP contribution in [0.3, 0.4) is 0 Å². The second-order valence-electron chi connectivity index (χ2n) is 5.24. The minimum atomic E-state index is -0.526. The molecule has 2 aromatic rings. The number of hydrogen-bond acceptors (Lipinski definition) is 3. The van der Waals surface area contributed by atoms with E-state index in [9.17, 15) is 9.18 Å². The van der Waals surface area contributed by atoms with Gasteiger partial charge in [0.25, 0.3) is 0 Å². The van der Waals surface area contributed by atoms with Gasteiger partial charge in [-0.3, -0.25) is 4.79 Å². The van der Waals surface area contributed by atoms with Crippen LogP contribution in [0.4, 0.5) is 4.39 Å². The maximum absolute atomic E-state index is 12.8. The fraction of sp³-hybridized carbons (Fsp3) is 0.278. The number of rotatable bonds is 8. The highest BCUT2D eigenvalue weighted by Gasteiger charge is 2.13. The Morgan fingerprint density at radius 2 is 1.79 bits per heavy atom. The number of benzene rings is 2. The summed E-state index contributed by atoms with van der Waals surface area (Å²) in [5.74, 6) is 0.509. The van der Waals surface area contributed by atoms with Crippen molar-refractivity contribution in [2.45, 2.75) is 23.8 Å². The molecule has 1 atom stereocenters. The van der Waals surface area contributed by atoms with Gasteiger partial charge >= 0.3 is 0 Å². The lowest BCUT2D eigenvalue weighted by Crippen LogP contribution is -2.42. The van der Waals surface area contributed by atoms with Crippen LogP contribution in [0.1, 0.15) is 12.0 Å². The van der Waals surface area contributed by atoms with E-state index in [0.717, 1.165) is 22.6 Å². The molecule has 0 aliphatic heterocycles. The van der Waals surface area contributed by atoms with E-state index in [2.05, 4.69) is 5.32 Å². The normalized spacial score (nSPS) is 11.4. The number of nitrogens with one attached hydrogen (secondary N) is 1. The van der Waals surface area contributed by atoms with Crippen LogP contribution in [0.2, 0.25) is 0 Å². The summed E-state index contributed by atoms with van der Waals surface area (Å²) in [6.07, 6.45) is 1.38. The summed E-state index contributed by atoms with van der Waals surface area (Å²) in [6.45, 7) is 0.593. The first kappa shape index (κ1) is 20.5. The zero-order chi connectivity index (χ0) is 16.5. The van der Waals surface area contributed by atoms with Gasteiger partial charge in [0.2, 0.25) is 5.91 Å². The van der Waals surface area contributed by atoms with Crippen LogP contribution in [0, 0.1) is 5.82 Å². The van der Waals surface area contributed by atoms with Gasteiger partial charge in [-0.2, -0.15) is 0 Å². The second-order valence-corrected chi connectivity index (χ2v) is 6.41. The Bertz CT molecular complexity index is 610. The topological polar surface area (TPSA) is 55.1 Å². The fourth-order valence-corrected chi connectivity index (χ4v) is 2.95. The van der Waals surface area contributed by atoms with Crippen molar-refractivity contribution in [2.24, 2.45) is 5.73 Å². The molecule has 0 bridgehead atoms. The summed E-state index contributed by atoms with van der Waals surface area (Å²) < 4.78 is 12.8. The van der Waals surface area contributed by atoms with Gasteiger partial charge in [0.1, 0.15) is 5.82 Å². The van der Waals surface area contributed by atoms with Crippen molar-refractivity contribution in [1.29, 1.82) is 0 Å². The lowest BCUT2D eigenvalue weighted by Gasteiger charge is -2.12. The minimum Gasteiger partial charge on any atom is -0.355 e. The number of amides is 1. The Balaban J connectivity index is 0.00000288. The number of hydrogen-bond donors (Lipinski definition) is 2. The van der Waals surface area contributed by atoms with Crippen LogP contribution in [0.5, 0.6) is 0 Å². The molecule has 3 N–H and O–H groups in total. The molecule has 0 saturated carbocycles. The van der Waals surface area contributed by atoms with Crippen LogP contribution >= 0.6 is 24.2 Å². The molecule has 2 rings (SSSR count). The van der Waals surface area contributed by atoms with Gasteiger partial charge in [-0.1, -0.05) is 30.3 Å². The molecule has 6 heteroatoms. The summed E-state index contributed by atoms with van der Waals surface area (Å²) in [6, 6.07) is 15.6. The maximum Gasteiger partial charge on any atom is 0.237 e. The monoisotopic (exact) mass is 368 g/mol. The van der Waals surface area contributed by atoms with Crippen LogP contribution < -0.4 is 11.1 Å². The lowest BCUT2D eigenvalue weighted by molar-refractivity contribution is -0.122. The summed E-state index contributed by atoms with van der Waals surface area (Å²) in [5.41, 5.74) is 6.97. The van der Waals surface area contributed by atoms with E-state index >= 15 is 0 Å². The van der Waals surface area contributed by atoms with Crippen LogP contribution in [0.15, 0.2) is 59.5 Å². The quantitative estimate of drug-likeness (QED) is 0.554. The first-order valence-corrected chi connectivity index (χ1v) is 8.59. The van der Waals surface area contributed by atoms with Crippen LogP contribution in [0.25, 0.3) is 0 Å². The van der Waals surface area contributed by atoms with E-state index in [1.165, 1.54) is 12.1 Å². The summed E-state index contributed by atoms with van der Waals surface area (Å²) in [7, 11) is 0. The van der Waals surface area contributed by atoms with Crippen molar-refractivity contribution in [1.82, 2.24) is 5.32 Å². The first-order chi connectivity index (χ1) is 11.1. The summed E-state index contributed by atoms with van der Waals surface area (Å²) in [4.78, 5) is 13.0. The van der Waals surface area contributed by atoms with Crippen LogP contribution in [-0.4, -0.2) is 24.2 Å². The van der Waals surface area contributed by atoms with E-state index in [4.69, 9.17) is 5.73 Å². The molecule has 0 fully saturated rings. The van der Waals surface area contributed by atoms with E-state index in [1.54, 1.807) is 23.9 Å². The predicted octanol–water partition coefficient (Wildman–Crippen LogP) is 3.42. The van der Waals surface area contributed by atoms with Crippen molar-refractivity contribution < 1.29 is 9.18 Å². The molecule has 24 heavy (non-hydrogen) atoms. The molecule has 0 aromatic heterocycles. The molecular formula is C18H22ClFN2OS. The van der Waals surface area contributed by atoms with Crippen molar-refractivity contribution in [2.75, 3.05) is 12.3 Å². The van der Waals surface area contributed by atoms with E-state index < -0.39 is 6.04 Å². The van der Waals surface area contributed by atoms with Gasteiger partial charge in [0.05, 0.1) is 6.04 Å². The largest absolute Gasteiger partial charge is 0.355 e. The summed E-state index contributed by atoms with van der Waals surface area (Å²) >= 11 is 1.64. The third-order valence-corrected chi connectivity index (χ3v) is 4.44. The number of nitrogens with two attached hydrogens (primary N) is 1. The Morgan fingerprint density at radius 3 is 2.46 bits per heavy atom. The highest BCUT2D eigenvalue weighted by Crippen LogP contribution is 2.18. The highest BCUT2D eigenvalue weighted by atomic mass is 35.5. The Kier molecular flexibility index (Phi) is 9.45. The lowest BCUT2D eigenvalue weighted by atomic mass is 10.1. The number of thioether (sulfide) groups is 1. The molecule has 1 amide bonds. The standard InChI is InChI=1S/C18H21FN2OS.ClH/c19-15-7-9-16(10-8-15)23-12-4-11-21-18(22)17(20)13-14-5-2-1-3-6-14;/h1-3,5-10,17H,4,11-13,20H2,(H,21,22);1H. The minimum absolute atomic E-state index is 0. The molecule has 0 aliphatic rings. The molecule has 0 aliphatic carbocycles. The smallest absolute Gasteiger partial charge is 0.237 e. The zero-order valence-corrected chi connectivity index (χ0v) is 14.9. The highest BCUT2D eigenvalue weighted by molar-refractivity contribution is 7.99. The molecule has 130 valence electrons. The molecule has 0 saturated heterocycles. The Hall–Kier alpha value is -1.56. The zero-order valence-electron chi connectivity index (χ0n) is 13.3. The van der Waals surface area contributed by atoms with Gasteiger partial charge in [-0.15, -0.1) is 24.2 Å². The first-order valence-electron chi connectivity index (χ1n) is 7.61. The van der Waals surface area contributed by atoms with E-state index in [0.29, 0.717) is 13.0 Å². The average molecular weight is 369 g/mol. The van der Waals surface area contributed by atoms with E-state index in [1.807, 2.05) is 30.3 Å². The molecule has 0 radical (unpaired) electrons. The molecule has 0 heterocycles. The van der Waals surface area contributed by atoms with Gasteiger partial charge in [0.15, 0.2) is 0 Å². The van der Waals surface area contributed by atoms with E-state index in [-0.39, 0.29) is 24.1 Å². The molecule has 2 aromatic carbocycles. The third-order valence-electron chi connectivity index (χ3n) is 3.34. The van der Waals surface area contributed by atoms with Crippen molar-refractivity contribution in [3.05, 3.63) is 66.0 Å². The predicted molar refractivity (Wildman–Crippen MR) is 100 cm³/mol. The van der Waals surface area contributed by atoms with Gasteiger partial charge in [-0.05, 0) is 48.4 Å². The maximum atomic E-state index is 12.8. The van der Waals surface area contributed by atoms with Crippen molar-refractivity contribution >= 4 is 30.1 Å². The SMILES string of the molecule is Cl.NC(Cc1ccccc1)C(=O)NCCCSc1ccc(F)cc1. The third kappa shape index (κ3) is 7.34. The van der Waals surface area contributed by atoms with Crippen molar-refractivity contribution in [3.8, 4) is 0 Å². The number of carbonyl (C=O) groups is 1.